The Morgan fingerprint density at radius 2 is 1.90 bits per heavy atom. The number of nitrogens with zero attached hydrogens (tertiary/aromatic N) is 3. The molecular formula is C38H39N5O6. The highest BCUT2D eigenvalue weighted by molar-refractivity contribution is 6.10. The number of carbonyl (C=O) groups excluding carboxylic acids is 4. The molecule has 1 unspecified atom stereocenters. The van der Waals surface area contributed by atoms with Crippen molar-refractivity contribution in [2.45, 2.75) is 52.1 Å². The van der Waals surface area contributed by atoms with Crippen molar-refractivity contribution < 1.29 is 28.7 Å². The van der Waals surface area contributed by atoms with Crippen LogP contribution >= 0.6 is 0 Å². The van der Waals surface area contributed by atoms with Gasteiger partial charge in [-0.25, -0.2) is 9.78 Å². The first-order valence-corrected chi connectivity index (χ1v) is 16.2. The van der Waals surface area contributed by atoms with Gasteiger partial charge < -0.3 is 19.7 Å². The van der Waals surface area contributed by atoms with Crippen LogP contribution in [-0.2, 0) is 16.1 Å². The number of nitrogens with one attached hydrogen (secondary N) is 2. The number of fused-ring (bicyclic) bond motifs is 1. The summed E-state index contributed by atoms with van der Waals surface area (Å²) in [6, 6.07) is 15.2. The molecule has 11 heteroatoms. The normalized spacial score (nSPS) is 17.1. The summed E-state index contributed by atoms with van der Waals surface area (Å²) < 4.78 is 11.0. The number of imide groups is 1. The molecule has 0 saturated carbocycles. The highest BCUT2D eigenvalue weighted by Crippen LogP contribution is 2.32. The number of pyridine rings is 1. The van der Waals surface area contributed by atoms with Gasteiger partial charge >= 0.3 is 12.0 Å². The lowest BCUT2D eigenvalue weighted by molar-refractivity contribution is -0.137. The van der Waals surface area contributed by atoms with Gasteiger partial charge in [0.25, 0.3) is 11.8 Å². The maximum Gasteiger partial charge on any atom is 0.323 e. The number of hydrogen-bond acceptors (Lipinski definition) is 8. The number of carbonyl (C=O) groups is 4. The van der Waals surface area contributed by atoms with Crippen molar-refractivity contribution in [3.8, 4) is 34.6 Å². The first-order valence-electron chi connectivity index (χ1n) is 16.2. The van der Waals surface area contributed by atoms with E-state index in [1.165, 1.54) is 12.0 Å². The van der Waals surface area contributed by atoms with E-state index in [-0.39, 0.29) is 30.9 Å². The third kappa shape index (κ3) is 7.70. The third-order valence-corrected chi connectivity index (χ3v) is 8.17. The van der Waals surface area contributed by atoms with E-state index in [4.69, 9.17) is 14.5 Å². The number of benzene rings is 2. The molecule has 1 atom stereocenters. The zero-order chi connectivity index (χ0) is 35.1. The molecule has 0 spiro atoms. The summed E-state index contributed by atoms with van der Waals surface area (Å²) in [5.41, 5.74) is 2.85. The quantitative estimate of drug-likeness (QED) is 0.0950. The Kier molecular flexibility index (Phi) is 10.6. The molecule has 3 heterocycles. The van der Waals surface area contributed by atoms with Crippen LogP contribution in [0.5, 0.6) is 11.5 Å². The molecule has 0 aliphatic carbocycles. The molecule has 0 bridgehead atoms. The number of urea groups is 1. The summed E-state index contributed by atoms with van der Waals surface area (Å²) in [7, 11) is 3.23. The zero-order valence-electron chi connectivity index (χ0n) is 28.3. The van der Waals surface area contributed by atoms with E-state index < -0.39 is 17.5 Å². The van der Waals surface area contributed by atoms with Gasteiger partial charge in [-0.15, -0.1) is 0 Å². The van der Waals surface area contributed by atoms with Crippen molar-refractivity contribution >= 4 is 35.6 Å². The van der Waals surface area contributed by atoms with E-state index in [1.54, 1.807) is 75.6 Å². The lowest BCUT2D eigenvalue weighted by atomic mass is 9.98. The maximum absolute atomic E-state index is 13.3. The predicted molar refractivity (Wildman–Crippen MR) is 186 cm³/mol. The molecule has 2 aromatic carbocycles. The smallest absolute Gasteiger partial charge is 0.323 e. The van der Waals surface area contributed by atoms with Crippen molar-refractivity contribution in [2.75, 3.05) is 20.7 Å². The largest absolute Gasteiger partial charge is 0.497 e. The average Bonchev–Trinajstić information content (AvgIpc) is 3.56. The highest BCUT2D eigenvalue weighted by atomic mass is 16.5. The Labute approximate surface area is 285 Å². The topological polar surface area (TPSA) is 139 Å². The van der Waals surface area contributed by atoms with Crippen LogP contribution in [0.15, 0.2) is 65.7 Å². The van der Waals surface area contributed by atoms with Crippen LogP contribution < -0.4 is 20.1 Å². The summed E-state index contributed by atoms with van der Waals surface area (Å²) in [5, 5.41) is 4.89. The third-order valence-electron chi connectivity index (χ3n) is 8.17. The van der Waals surface area contributed by atoms with Gasteiger partial charge in [0.1, 0.15) is 11.4 Å². The van der Waals surface area contributed by atoms with Crippen molar-refractivity contribution in [3.05, 3.63) is 83.1 Å². The number of hydrogen-bond donors (Lipinski definition) is 2. The van der Waals surface area contributed by atoms with Crippen molar-refractivity contribution in [2.24, 2.45) is 10.9 Å². The fourth-order valence-electron chi connectivity index (χ4n) is 5.45. The molecule has 1 aromatic heterocycles. The second-order valence-electron chi connectivity index (χ2n) is 12.1. The number of allylic oxidation sites excluding steroid dienone is 2. The SMILES string of the molecule is CCCC/C=C(\C=NC)c1ccc(OC(=O)C(C)C)c(-c2ccc(C#CC3(CN4Cc5ccc(OC)cc5C4=O)NC(=O)NC3=O)cc2)n1. The van der Waals surface area contributed by atoms with E-state index in [0.29, 0.717) is 39.6 Å². The van der Waals surface area contributed by atoms with Crippen molar-refractivity contribution in [1.29, 1.82) is 0 Å². The Balaban J connectivity index is 1.45. The van der Waals surface area contributed by atoms with Gasteiger partial charge in [-0.2, -0.15) is 0 Å². The minimum atomic E-state index is -1.66. The lowest BCUT2D eigenvalue weighted by Crippen LogP contribution is -2.54. The number of methoxy groups -OCH3 is 1. The molecular weight excluding hydrogens is 622 g/mol. The van der Waals surface area contributed by atoms with E-state index in [1.807, 2.05) is 6.07 Å². The minimum Gasteiger partial charge on any atom is -0.497 e. The molecule has 49 heavy (non-hydrogen) atoms. The molecule has 5 rings (SSSR count). The Morgan fingerprint density at radius 1 is 1.12 bits per heavy atom. The van der Waals surface area contributed by atoms with Gasteiger partial charge in [-0.05, 0) is 48.4 Å². The van der Waals surface area contributed by atoms with Crippen LogP contribution in [0.1, 0.15) is 67.2 Å². The fourth-order valence-corrected chi connectivity index (χ4v) is 5.45. The number of ether oxygens (including phenoxy) is 2. The van der Waals surface area contributed by atoms with Crippen LogP contribution in [0.25, 0.3) is 16.8 Å². The summed E-state index contributed by atoms with van der Waals surface area (Å²) in [5.74, 6) is 5.17. The standard InChI is InChI=1S/C38H39N5O6/c1-6-7-8-9-27(21-39-4)31-16-17-32(49-35(45)24(2)3)33(40-31)26-12-10-25(11-13-26)18-19-38(36(46)41-37(47)42-38)23-43-22-28-14-15-29(48-5)20-30(28)34(43)44/h9-17,20-21,24H,6-8,22-23H2,1-5H3,(H2,41,42,46,47)/b27-9+,39-21?. The molecule has 11 nitrogen and oxygen atoms in total. The van der Waals surface area contributed by atoms with E-state index in [0.717, 1.165) is 30.4 Å². The van der Waals surface area contributed by atoms with Crippen molar-refractivity contribution in [1.82, 2.24) is 20.5 Å². The molecule has 252 valence electrons. The molecule has 2 aliphatic heterocycles. The molecule has 1 fully saturated rings. The molecule has 4 amide bonds. The average molecular weight is 662 g/mol. The summed E-state index contributed by atoms with van der Waals surface area (Å²) >= 11 is 0. The Morgan fingerprint density at radius 3 is 2.55 bits per heavy atom. The van der Waals surface area contributed by atoms with Crippen LogP contribution in [0.4, 0.5) is 4.79 Å². The van der Waals surface area contributed by atoms with E-state index in [2.05, 4.69) is 40.5 Å². The number of amides is 4. The zero-order valence-corrected chi connectivity index (χ0v) is 28.3. The summed E-state index contributed by atoms with van der Waals surface area (Å²) in [6.07, 6.45) is 6.83. The highest BCUT2D eigenvalue weighted by Gasteiger charge is 2.48. The summed E-state index contributed by atoms with van der Waals surface area (Å²) in [4.78, 5) is 61.8. The predicted octanol–water partition coefficient (Wildman–Crippen LogP) is 5.18. The Bertz CT molecular complexity index is 1900. The molecule has 2 N–H and O–H groups in total. The second-order valence-corrected chi connectivity index (χ2v) is 12.1. The first kappa shape index (κ1) is 34.6. The van der Waals surface area contributed by atoms with Gasteiger partial charge in [0.15, 0.2) is 5.75 Å². The van der Waals surface area contributed by atoms with Gasteiger partial charge in [0, 0.05) is 42.1 Å². The lowest BCUT2D eigenvalue weighted by Gasteiger charge is -2.26. The number of unbranched alkanes of at least 4 members (excludes halogenated alkanes) is 2. The number of aromatic nitrogens is 1. The maximum atomic E-state index is 13.3. The summed E-state index contributed by atoms with van der Waals surface area (Å²) in [6.45, 7) is 5.77. The first-order chi connectivity index (χ1) is 23.6. The number of esters is 1. The Hall–Kier alpha value is -5.76. The van der Waals surface area contributed by atoms with E-state index in [9.17, 15) is 19.2 Å². The van der Waals surface area contributed by atoms with Gasteiger partial charge in [-0.1, -0.05) is 69.7 Å². The monoisotopic (exact) mass is 661 g/mol. The number of rotatable bonds is 11. The van der Waals surface area contributed by atoms with Gasteiger partial charge in [-0.3, -0.25) is 24.7 Å². The van der Waals surface area contributed by atoms with Crippen LogP contribution in [-0.4, -0.2) is 66.2 Å². The molecule has 2 aliphatic rings. The van der Waals surface area contributed by atoms with Gasteiger partial charge in [0.2, 0.25) is 5.54 Å². The molecule has 0 radical (unpaired) electrons. The van der Waals surface area contributed by atoms with Crippen LogP contribution in [0, 0.1) is 17.8 Å². The fraction of sp³-hybridized carbons (Fsp3) is 0.316. The molecule has 3 aromatic rings. The van der Waals surface area contributed by atoms with E-state index >= 15 is 0 Å². The van der Waals surface area contributed by atoms with Gasteiger partial charge in [0.05, 0.1) is 25.3 Å². The number of aliphatic imine (C=N–C) groups is 1. The van der Waals surface area contributed by atoms with Crippen LogP contribution in [0.3, 0.4) is 0 Å². The van der Waals surface area contributed by atoms with Crippen LogP contribution in [0.2, 0.25) is 0 Å². The van der Waals surface area contributed by atoms with Crippen molar-refractivity contribution in [3.63, 3.8) is 0 Å². The minimum absolute atomic E-state index is 0.151. The molecule has 1 saturated heterocycles. The second kappa shape index (κ2) is 15.0.